The molecule has 0 unspecified atom stereocenters. The van der Waals surface area contributed by atoms with Crippen molar-refractivity contribution >= 4 is 5.91 Å². The lowest BCUT2D eigenvalue weighted by Gasteiger charge is -2.34. The fraction of sp³-hybridized carbons (Fsp3) is 0.381. The Bertz CT molecular complexity index is 848. The summed E-state index contributed by atoms with van der Waals surface area (Å²) in [5, 5.41) is 9.63. The number of furan rings is 1. The number of carbonyl (C=O) groups is 1. The Morgan fingerprint density at radius 3 is 2.44 bits per heavy atom. The zero-order valence-electron chi connectivity index (χ0n) is 15.5. The number of hydrogen-bond acceptors (Lipinski definition) is 4. The van der Waals surface area contributed by atoms with Gasteiger partial charge in [-0.05, 0) is 49.6 Å². The monoisotopic (exact) mass is 370 g/mol. The number of piperazine rings is 1. The van der Waals surface area contributed by atoms with Gasteiger partial charge in [-0.2, -0.15) is 0 Å². The molecule has 0 spiro atoms. The van der Waals surface area contributed by atoms with Gasteiger partial charge in [-0.15, -0.1) is 0 Å². The molecule has 1 aliphatic heterocycles. The van der Waals surface area contributed by atoms with Crippen molar-refractivity contribution in [3.63, 3.8) is 0 Å². The van der Waals surface area contributed by atoms with E-state index in [0.717, 1.165) is 25.2 Å². The third-order valence-electron chi connectivity index (χ3n) is 4.29. The molecule has 2 heterocycles. The first-order valence-electron chi connectivity index (χ1n) is 8.92. The topological polar surface area (TPSA) is 56.9 Å². The quantitative estimate of drug-likeness (QED) is 0.844. The van der Waals surface area contributed by atoms with Crippen LogP contribution in [0, 0.1) is 17.7 Å². The van der Waals surface area contributed by atoms with E-state index in [9.17, 15) is 14.3 Å². The zero-order chi connectivity index (χ0) is 19.4. The van der Waals surface area contributed by atoms with Gasteiger partial charge in [-0.25, -0.2) is 4.39 Å². The van der Waals surface area contributed by atoms with Crippen LogP contribution in [0.1, 0.15) is 35.7 Å². The highest BCUT2D eigenvalue weighted by molar-refractivity contribution is 5.91. The Labute approximate surface area is 158 Å². The van der Waals surface area contributed by atoms with Gasteiger partial charge in [0.1, 0.15) is 11.4 Å². The third-order valence-corrected chi connectivity index (χ3v) is 4.29. The molecule has 1 N–H and O–H groups in total. The lowest BCUT2D eigenvalue weighted by molar-refractivity contribution is 0.0597. The first-order valence-corrected chi connectivity index (χ1v) is 8.92. The highest BCUT2D eigenvalue weighted by atomic mass is 19.1. The van der Waals surface area contributed by atoms with E-state index in [4.69, 9.17) is 4.42 Å². The summed E-state index contributed by atoms with van der Waals surface area (Å²) >= 11 is 0. The van der Waals surface area contributed by atoms with Crippen molar-refractivity contribution in [2.45, 2.75) is 26.0 Å². The van der Waals surface area contributed by atoms with E-state index < -0.39 is 5.60 Å². The van der Waals surface area contributed by atoms with Crippen LogP contribution in [0.2, 0.25) is 0 Å². The normalized spacial score (nSPS) is 15.3. The van der Waals surface area contributed by atoms with Crippen LogP contribution in [-0.4, -0.2) is 52.6 Å². The van der Waals surface area contributed by atoms with Crippen LogP contribution in [0.3, 0.4) is 0 Å². The van der Waals surface area contributed by atoms with E-state index in [-0.39, 0.29) is 17.5 Å². The van der Waals surface area contributed by atoms with E-state index in [0.29, 0.717) is 18.8 Å². The van der Waals surface area contributed by atoms with Crippen LogP contribution in [0.15, 0.2) is 40.8 Å². The minimum absolute atomic E-state index is 0.159. The standard InChI is InChI=1S/C21H23FN2O3/c1-21(2,26)10-9-18-7-8-19(27-18)20(25)24-13-11-23(12-14-24)15-16-3-5-17(22)6-4-16/h3-8,26H,11-15H2,1-2H3. The van der Waals surface area contributed by atoms with Crippen LogP contribution < -0.4 is 0 Å². The lowest BCUT2D eigenvalue weighted by atomic mass is 10.1. The van der Waals surface area contributed by atoms with Crippen molar-refractivity contribution in [2.75, 3.05) is 26.2 Å². The molecule has 6 heteroatoms. The van der Waals surface area contributed by atoms with Gasteiger partial charge in [0, 0.05) is 32.7 Å². The minimum Gasteiger partial charge on any atom is -0.443 e. The average molecular weight is 370 g/mol. The molecule has 0 saturated carbocycles. The van der Waals surface area contributed by atoms with E-state index in [1.54, 1.807) is 43.0 Å². The van der Waals surface area contributed by atoms with Crippen molar-refractivity contribution in [3.8, 4) is 11.8 Å². The maximum atomic E-state index is 13.0. The Morgan fingerprint density at radius 1 is 1.15 bits per heavy atom. The zero-order valence-corrected chi connectivity index (χ0v) is 15.5. The third kappa shape index (κ3) is 5.43. The highest BCUT2D eigenvalue weighted by Gasteiger charge is 2.24. The van der Waals surface area contributed by atoms with E-state index in [1.807, 2.05) is 0 Å². The largest absolute Gasteiger partial charge is 0.443 e. The molecule has 1 aromatic carbocycles. The number of nitrogens with zero attached hydrogens (tertiary/aromatic N) is 2. The molecule has 1 aliphatic rings. The first kappa shape index (κ1) is 19.2. The second-order valence-corrected chi connectivity index (χ2v) is 7.17. The molecule has 1 amide bonds. The van der Waals surface area contributed by atoms with E-state index >= 15 is 0 Å². The van der Waals surface area contributed by atoms with Gasteiger partial charge >= 0.3 is 0 Å². The predicted molar refractivity (Wildman–Crippen MR) is 99.5 cm³/mol. The molecule has 0 atom stereocenters. The van der Waals surface area contributed by atoms with Gasteiger partial charge in [0.05, 0.1) is 0 Å². The van der Waals surface area contributed by atoms with Crippen LogP contribution in [0.25, 0.3) is 0 Å². The van der Waals surface area contributed by atoms with Gasteiger partial charge in [0.2, 0.25) is 0 Å². The van der Waals surface area contributed by atoms with Crippen molar-refractivity contribution in [2.24, 2.45) is 0 Å². The molecule has 2 aromatic rings. The summed E-state index contributed by atoms with van der Waals surface area (Å²) in [6, 6.07) is 9.74. The van der Waals surface area contributed by atoms with Gasteiger partial charge in [-0.3, -0.25) is 9.69 Å². The van der Waals surface area contributed by atoms with Crippen molar-refractivity contribution in [1.29, 1.82) is 0 Å². The van der Waals surface area contributed by atoms with Crippen LogP contribution >= 0.6 is 0 Å². The van der Waals surface area contributed by atoms with Gasteiger partial charge in [0.25, 0.3) is 5.91 Å². The smallest absolute Gasteiger partial charge is 0.289 e. The summed E-state index contributed by atoms with van der Waals surface area (Å²) in [6.45, 7) is 6.60. The molecule has 5 nitrogen and oxygen atoms in total. The predicted octanol–water partition coefficient (Wildman–Crippen LogP) is 2.50. The second kappa shape index (κ2) is 7.95. The van der Waals surface area contributed by atoms with Gasteiger partial charge in [0.15, 0.2) is 11.5 Å². The number of benzene rings is 1. The minimum atomic E-state index is -1.11. The van der Waals surface area contributed by atoms with Crippen molar-refractivity contribution in [3.05, 3.63) is 59.3 Å². The lowest BCUT2D eigenvalue weighted by Crippen LogP contribution is -2.48. The summed E-state index contributed by atoms with van der Waals surface area (Å²) in [5.74, 6) is 5.60. The summed E-state index contributed by atoms with van der Waals surface area (Å²) < 4.78 is 18.5. The molecule has 0 aliphatic carbocycles. The Hall–Kier alpha value is -2.62. The number of halogens is 1. The number of aliphatic hydroxyl groups is 1. The SMILES string of the molecule is CC(C)(O)C#Cc1ccc(C(=O)N2CCN(Cc3ccc(F)cc3)CC2)o1. The molecule has 1 fully saturated rings. The van der Waals surface area contributed by atoms with Crippen LogP contribution in [0.5, 0.6) is 0 Å². The highest BCUT2D eigenvalue weighted by Crippen LogP contribution is 2.14. The molecular weight excluding hydrogens is 347 g/mol. The maximum Gasteiger partial charge on any atom is 0.289 e. The molecule has 142 valence electrons. The fourth-order valence-electron chi connectivity index (χ4n) is 2.85. The number of carbonyl (C=O) groups excluding carboxylic acids is 1. The summed E-state index contributed by atoms with van der Waals surface area (Å²) in [4.78, 5) is 16.6. The molecule has 3 rings (SSSR count). The van der Waals surface area contributed by atoms with Crippen molar-refractivity contribution in [1.82, 2.24) is 9.80 Å². The summed E-state index contributed by atoms with van der Waals surface area (Å²) in [7, 11) is 0. The Morgan fingerprint density at radius 2 is 1.81 bits per heavy atom. The summed E-state index contributed by atoms with van der Waals surface area (Å²) in [6.07, 6.45) is 0. The van der Waals surface area contributed by atoms with E-state index in [2.05, 4.69) is 16.7 Å². The van der Waals surface area contributed by atoms with Gasteiger partial charge in [-0.1, -0.05) is 18.1 Å². The molecule has 0 radical (unpaired) electrons. The first-order chi connectivity index (χ1) is 12.8. The molecule has 1 aromatic heterocycles. The number of amides is 1. The van der Waals surface area contributed by atoms with Crippen molar-refractivity contribution < 1.29 is 18.7 Å². The average Bonchev–Trinajstić information content (AvgIpc) is 3.11. The molecule has 1 saturated heterocycles. The Balaban J connectivity index is 1.54. The second-order valence-electron chi connectivity index (χ2n) is 7.17. The summed E-state index contributed by atoms with van der Waals surface area (Å²) in [5.41, 5.74) is -0.0603. The maximum absolute atomic E-state index is 13.0. The molecule has 0 bridgehead atoms. The number of hydrogen-bond donors (Lipinski definition) is 1. The molecule has 27 heavy (non-hydrogen) atoms. The van der Waals surface area contributed by atoms with E-state index in [1.165, 1.54) is 12.1 Å². The fourth-order valence-corrected chi connectivity index (χ4v) is 2.85. The van der Waals surface area contributed by atoms with Gasteiger partial charge < -0.3 is 14.4 Å². The van der Waals surface area contributed by atoms with Crippen LogP contribution in [-0.2, 0) is 6.54 Å². The number of rotatable bonds is 3. The molecular formula is C21H23FN2O3. The Kier molecular flexibility index (Phi) is 5.64. The van der Waals surface area contributed by atoms with Crippen LogP contribution in [0.4, 0.5) is 4.39 Å².